The summed E-state index contributed by atoms with van der Waals surface area (Å²) in [6.07, 6.45) is 3.27. The summed E-state index contributed by atoms with van der Waals surface area (Å²) in [5.41, 5.74) is 0.117. The van der Waals surface area contributed by atoms with Gasteiger partial charge in [-0.05, 0) is 64.9 Å². The number of carbonyl (C=O) groups is 1. The van der Waals surface area contributed by atoms with Crippen LogP contribution in [0.3, 0.4) is 0 Å². The van der Waals surface area contributed by atoms with E-state index in [1.54, 1.807) is 19.1 Å². The molecule has 0 radical (unpaired) electrons. The Bertz CT molecular complexity index is 1240. The molecule has 0 saturated carbocycles. The van der Waals surface area contributed by atoms with E-state index in [1.165, 1.54) is 12.8 Å². The molecule has 4 rings (SSSR count). The highest BCUT2D eigenvalue weighted by molar-refractivity contribution is 5.89. The van der Waals surface area contributed by atoms with Crippen LogP contribution in [0.5, 0.6) is 0 Å². The van der Waals surface area contributed by atoms with Crippen LogP contribution < -0.4 is 16.6 Å². The largest absolute Gasteiger partial charge is 0.352 e. The minimum Gasteiger partial charge on any atom is -0.348 e. The van der Waals surface area contributed by atoms with E-state index in [0.717, 1.165) is 40.9 Å². The molecule has 174 valence electrons. The zero-order chi connectivity index (χ0) is 23.4. The van der Waals surface area contributed by atoms with Gasteiger partial charge in [0.15, 0.2) is 5.69 Å². The first-order chi connectivity index (χ1) is 16.0. The summed E-state index contributed by atoms with van der Waals surface area (Å²) in [4.78, 5) is 44.4. The van der Waals surface area contributed by atoms with Crippen LogP contribution in [0.15, 0.2) is 38.4 Å². The van der Waals surface area contributed by atoms with E-state index < -0.39 is 17.2 Å². The van der Waals surface area contributed by atoms with Crippen molar-refractivity contribution in [1.82, 2.24) is 34.7 Å². The summed E-state index contributed by atoms with van der Waals surface area (Å²) in [5.74, 6) is -0.924. The third-order valence-electron chi connectivity index (χ3n) is 5.62. The minimum atomic E-state index is -0.649. The van der Waals surface area contributed by atoms with E-state index in [2.05, 4.69) is 25.5 Å². The Hall–Kier alpha value is -3.60. The highest BCUT2D eigenvalue weighted by Crippen LogP contribution is 2.11. The molecule has 0 unspecified atom stereocenters. The number of nitrogens with one attached hydrogen (secondary N) is 1. The van der Waals surface area contributed by atoms with Gasteiger partial charge < -0.3 is 14.7 Å². The van der Waals surface area contributed by atoms with Gasteiger partial charge in [0.1, 0.15) is 0 Å². The number of rotatable bonds is 8. The number of likely N-dealkylation sites (tertiary alicyclic amines) is 1. The van der Waals surface area contributed by atoms with Crippen molar-refractivity contribution in [2.24, 2.45) is 0 Å². The lowest BCUT2D eigenvalue weighted by Crippen LogP contribution is -2.41. The van der Waals surface area contributed by atoms with Crippen molar-refractivity contribution in [3.63, 3.8) is 0 Å². The fraction of sp³-hybridized carbons (Fsp3) is 0.455. The standard InChI is InChI=1S/C22H27N7O4/c1-3-28-21(31)17(25-29(22(28)32)16-9-7-15(2)8-10-16)18-24-20(33-26-18)19(30)23-11-6-14-27-12-4-5-13-27/h7-10H,3-6,11-14H2,1-2H3,(H,23,30). The summed E-state index contributed by atoms with van der Waals surface area (Å²) < 4.78 is 7.23. The number of aryl methyl sites for hydroxylation is 1. The van der Waals surface area contributed by atoms with Gasteiger partial charge in [0.25, 0.3) is 5.56 Å². The highest BCUT2D eigenvalue weighted by Gasteiger charge is 2.22. The van der Waals surface area contributed by atoms with Gasteiger partial charge in [-0.3, -0.25) is 14.2 Å². The molecule has 1 aromatic carbocycles. The maximum atomic E-state index is 12.8. The molecule has 1 aliphatic heterocycles. The first-order valence-corrected chi connectivity index (χ1v) is 11.1. The van der Waals surface area contributed by atoms with Gasteiger partial charge in [-0.2, -0.15) is 14.8 Å². The molecule has 0 atom stereocenters. The Morgan fingerprint density at radius 1 is 1.15 bits per heavy atom. The zero-order valence-corrected chi connectivity index (χ0v) is 18.8. The summed E-state index contributed by atoms with van der Waals surface area (Å²) in [7, 11) is 0. The molecule has 11 nitrogen and oxygen atoms in total. The van der Waals surface area contributed by atoms with Crippen molar-refractivity contribution in [2.45, 2.75) is 39.7 Å². The summed E-state index contributed by atoms with van der Waals surface area (Å²) in [6.45, 7) is 7.37. The maximum Gasteiger partial charge on any atom is 0.352 e. The molecule has 0 bridgehead atoms. The molecular weight excluding hydrogens is 426 g/mol. The van der Waals surface area contributed by atoms with Crippen molar-refractivity contribution in [3.8, 4) is 17.2 Å². The van der Waals surface area contributed by atoms with Gasteiger partial charge in [-0.25, -0.2) is 4.79 Å². The van der Waals surface area contributed by atoms with Crippen LogP contribution in [0, 0.1) is 6.92 Å². The predicted octanol–water partition coefficient (Wildman–Crippen LogP) is 0.988. The number of aromatic nitrogens is 5. The van der Waals surface area contributed by atoms with E-state index in [4.69, 9.17) is 4.52 Å². The molecule has 3 aromatic rings. The Balaban J connectivity index is 1.54. The predicted molar refractivity (Wildman–Crippen MR) is 120 cm³/mol. The number of hydrogen-bond donors (Lipinski definition) is 1. The molecule has 33 heavy (non-hydrogen) atoms. The molecule has 2 aromatic heterocycles. The first-order valence-electron chi connectivity index (χ1n) is 11.1. The number of nitrogens with zero attached hydrogens (tertiary/aromatic N) is 6. The van der Waals surface area contributed by atoms with E-state index in [-0.39, 0.29) is 24.0 Å². The molecule has 3 heterocycles. The normalized spacial score (nSPS) is 14.0. The van der Waals surface area contributed by atoms with E-state index in [1.807, 2.05) is 19.1 Å². The molecular formula is C22H27N7O4. The van der Waals surface area contributed by atoms with Crippen LogP contribution in [0.1, 0.15) is 42.4 Å². The van der Waals surface area contributed by atoms with Gasteiger partial charge in [-0.15, -0.1) is 0 Å². The topological polar surface area (TPSA) is 128 Å². The number of carbonyl (C=O) groups excluding carboxylic acids is 1. The molecule has 1 saturated heterocycles. The fourth-order valence-corrected chi connectivity index (χ4v) is 3.79. The average Bonchev–Trinajstić information content (AvgIpc) is 3.50. The molecule has 0 aliphatic carbocycles. The Kier molecular flexibility index (Phi) is 6.78. The van der Waals surface area contributed by atoms with Crippen LogP contribution in [0.25, 0.3) is 17.2 Å². The van der Waals surface area contributed by atoms with E-state index in [0.29, 0.717) is 12.2 Å². The Morgan fingerprint density at radius 2 is 1.88 bits per heavy atom. The van der Waals surface area contributed by atoms with Crippen LogP contribution >= 0.6 is 0 Å². The van der Waals surface area contributed by atoms with Gasteiger partial charge in [0, 0.05) is 13.1 Å². The third-order valence-corrected chi connectivity index (χ3v) is 5.62. The molecule has 11 heteroatoms. The second kappa shape index (κ2) is 9.90. The third kappa shape index (κ3) is 4.92. The van der Waals surface area contributed by atoms with Crippen molar-refractivity contribution in [1.29, 1.82) is 0 Å². The SMILES string of the molecule is CCn1c(=O)c(-c2noc(C(=O)NCCCN3CCCC3)n2)nn(-c2ccc(C)cc2)c1=O. The summed E-state index contributed by atoms with van der Waals surface area (Å²) in [6, 6.07) is 7.14. The monoisotopic (exact) mass is 453 g/mol. The number of benzene rings is 1. The average molecular weight is 454 g/mol. The lowest BCUT2D eigenvalue weighted by atomic mass is 10.2. The van der Waals surface area contributed by atoms with Crippen molar-refractivity contribution in [2.75, 3.05) is 26.2 Å². The Labute approximate surface area is 190 Å². The molecule has 1 N–H and O–H groups in total. The molecule has 1 amide bonds. The van der Waals surface area contributed by atoms with Crippen molar-refractivity contribution >= 4 is 5.91 Å². The molecule has 1 aliphatic rings. The highest BCUT2D eigenvalue weighted by atomic mass is 16.5. The number of hydrogen-bond acceptors (Lipinski definition) is 8. The Morgan fingerprint density at radius 3 is 2.58 bits per heavy atom. The van der Waals surface area contributed by atoms with Gasteiger partial charge in [0.05, 0.1) is 5.69 Å². The molecule has 1 fully saturated rings. The fourth-order valence-electron chi connectivity index (χ4n) is 3.79. The quantitative estimate of drug-likeness (QED) is 0.500. The smallest absolute Gasteiger partial charge is 0.348 e. The van der Waals surface area contributed by atoms with Crippen LogP contribution in [-0.2, 0) is 6.54 Å². The van der Waals surface area contributed by atoms with Gasteiger partial charge in [0.2, 0.25) is 5.82 Å². The van der Waals surface area contributed by atoms with Crippen LogP contribution in [-0.4, -0.2) is 61.5 Å². The molecule has 0 spiro atoms. The van der Waals surface area contributed by atoms with Crippen LogP contribution in [0.2, 0.25) is 0 Å². The van der Waals surface area contributed by atoms with Gasteiger partial charge >= 0.3 is 17.5 Å². The second-order valence-electron chi connectivity index (χ2n) is 8.01. The van der Waals surface area contributed by atoms with E-state index in [9.17, 15) is 14.4 Å². The van der Waals surface area contributed by atoms with Crippen molar-refractivity contribution < 1.29 is 9.32 Å². The summed E-state index contributed by atoms with van der Waals surface area (Å²) in [5, 5.41) is 10.7. The van der Waals surface area contributed by atoms with Crippen molar-refractivity contribution in [3.05, 3.63) is 56.6 Å². The minimum absolute atomic E-state index is 0.140. The lowest BCUT2D eigenvalue weighted by Gasteiger charge is -2.13. The second-order valence-corrected chi connectivity index (χ2v) is 8.01. The zero-order valence-electron chi connectivity index (χ0n) is 18.8. The first kappa shape index (κ1) is 22.6. The van der Waals surface area contributed by atoms with E-state index >= 15 is 0 Å². The number of amides is 1. The van der Waals surface area contributed by atoms with Gasteiger partial charge in [-0.1, -0.05) is 22.9 Å². The summed E-state index contributed by atoms with van der Waals surface area (Å²) >= 11 is 0. The maximum absolute atomic E-state index is 12.8. The lowest BCUT2D eigenvalue weighted by molar-refractivity contribution is 0.0908. The van der Waals surface area contributed by atoms with Crippen LogP contribution in [0.4, 0.5) is 0 Å².